The minimum absolute atomic E-state index is 0.218. The van der Waals surface area contributed by atoms with Gasteiger partial charge in [0.15, 0.2) is 0 Å². The molecule has 2 rings (SSSR count). The van der Waals surface area contributed by atoms with Crippen LogP contribution in [0.25, 0.3) is 0 Å². The largest absolute Gasteiger partial charge is 0.494 e. The number of cyclic esters (lactones) is 1. The topological polar surface area (TPSA) is 64.8 Å². The van der Waals surface area contributed by atoms with E-state index in [9.17, 15) is 4.79 Å². The average molecular weight is 250 g/mol. The number of carbonyl (C=O) groups excluding carboxylic acids is 1. The van der Waals surface area contributed by atoms with E-state index < -0.39 is 0 Å². The molecule has 1 fully saturated rings. The van der Waals surface area contributed by atoms with Crippen LogP contribution in [0, 0.1) is 6.92 Å². The van der Waals surface area contributed by atoms with Gasteiger partial charge in [0, 0.05) is 12.2 Å². The second-order valence-electron chi connectivity index (χ2n) is 4.23. The number of benzene rings is 1. The van der Waals surface area contributed by atoms with E-state index in [1.807, 2.05) is 32.0 Å². The maximum atomic E-state index is 11.7. The third-order valence-electron chi connectivity index (χ3n) is 2.91. The fraction of sp³-hybridized carbons (Fsp3) is 0.462. The molecule has 0 bridgehead atoms. The zero-order valence-corrected chi connectivity index (χ0v) is 10.7. The van der Waals surface area contributed by atoms with E-state index in [1.54, 1.807) is 4.90 Å². The first-order valence-corrected chi connectivity index (χ1v) is 6.07. The third kappa shape index (κ3) is 2.41. The van der Waals surface area contributed by atoms with Crippen LogP contribution in [0.15, 0.2) is 18.2 Å². The molecule has 0 saturated carbocycles. The number of rotatable bonds is 4. The molecule has 18 heavy (non-hydrogen) atoms. The van der Waals surface area contributed by atoms with Crippen LogP contribution < -0.4 is 15.4 Å². The van der Waals surface area contributed by atoms with Crippen LogP contribution in [-0.4, -0.2) is 31.9 Å². The highest BCUT2D eigenvalue weighted by atomic mass is 16.6. The summed E-state index contributed by atoms with van der Waals surface area (Å²) in [4.78, 5) is 13.3. The third-order valence-corrected chi connectivity index (χ3v) is 2.91. The predicted molar refractivity (Wildman–Crippen MR) is 69.0 cm³/mol. The summed E-state index contributed by atoms with van der Waals surface area (Å²) >= 11 is 0. The fourth-order valence-corrected chi connectivity index (χ4v) is 1.97. The first-order valence-electron chi connectivity index (χ1n) is 6.07. The number of carbonyl (C=O) groups is 1. The van der Waals surface area contributed by atoms with E-state index in [-0.39, 0.29) is 12.2 Å². The molecule has 2 N–H and O–H groups in total. The van der Waals surface area contributed by atoms with Gasteiger partial charge in [-0.1, -0.05) is 0 Å². The maximum absolute atomic E-state index is 11.7. The van der Waals surface area contributed by atoms with Gasteiger partial charge in [-0.2, -0.15) is 0 Å². The number of amides is 1. The minimum atomic E-state index is -0.339. The van der Waals surface area contributed by atoms with E-state index in [2.05, 4.69) is 0 Å². The van der Waals surface area contributed by atoms with Crippen LogP contribution in [0.5, 0.6) is 5.75 Å². The van der Waals surface area contributed by atoms with Crippen molar-refractivity contribution in [1.29, 1.82) is 0 Å². The van der Waals surface area contributed by atoms with Gasteiger partial charge in [0.2, 0.25) is 0 Å². The highest BCUT2D eigenvalue weighted by Crippen LogP contribution is 2.27. The Labute approximate surface area is 106 Å². The molecule has 1 amide bonds. The lowest BCUT2D eigenvalue weighted by atomic mass is 10.2. The molecule has 1 saturated heterocycles. The second-order valence-corrected chi connectivity index (χ2v) is 4.23. The molecular weight excluding hydrogens is 232 g/mol. The monoisotopic (exact) mass is 250 g/mol. The highest BCUT2D eigenvalue weighted by Gasteiger charge is 2.31. The number of nitrogens with zero attached hydrogens (tertiary/aromatic N) is 1. The van der Waals surface area contributed by atoms with E-state index >= 15 is 0 Å². The van der Waals surface area contributed by atoms with Gasteiger partial charge < -0.3 is 15.2 Å². The molecule has 0 aromatic heterocycles. The first kappa shape index (κ1) is 12.7. The van der Waals surface area contributed by atoms with Gasteiger partial charge in [-0.25, -0.2) is 4.79 Å². The van der Waals surface area contributed by atoms with E-state index in [0.29, 0.717) is 19.7 Å². The van der Waals surface area contributed by atoms with Crippen LogP contribution in [0.4, 0.5) is 10.5 Å². The summed E-state index contributed by atoms with van der Waals surface area (Å²) in [5, 5.41) is 0. The number of ether oxygens (including phenoxy) is 2. The molecule has 5 heteroatoms. The molecule has 1 aliphatic rings. The Kier molecular flexibility index (Phi) is 3.72. The summed E-state index contributed by atoms with van der Waals surface area (Å²) in [6, 6.07) is 5.65. The number of nitrogens with two attached hydrogens (primary N) is 1. The van der Waals surface area contributed by atoms with Gasteiger partial charge in [0.05, 0.1) is 13.2 Å². The summed E-state index contributed by atoms with van der Waals surface area (Å²) in [7, 11) is 0. The van der Waals surface area contributed by atoms with E-state index in [0.717, 1.165) is 17.0 Å². The molecule has 5 nitrogen and oxygen atoms in total. The maximum Gasteiger partial charge on any atom is 0.414 e. The molecule has 1 heterocycles. The highest BCUT2D eigenvalue weighted by molar-refractivity contribution is 5.90. The molecule has 98 valence electrons. The molecule has 1 aromatic carbocycles. The SMILES string of the molecule is CCOc1ccc(N2CC(CN)OC2=O)cc1C. The van der Waals surface area contributed by atoms with Crippen molar-refractivity contribution in [3.05, 3.63) is 23.8 Å². The second kappa shape index (κ2) is 5.27. The van der Waals surface area contributed by atoms with Crippen LogP contribution in [-0.2, 0) is 4.74 Å². The van der Waals surface area contributed by atoms with Gasteiger partial charge in [-0.3, -0.25) is 4.90 Å². The number of aryl methyl sites for hydroxylation is 1. The van der Waals surface area contributed by atoms with Crippen LogP contribution in [0.2, 0.25) is 0 Å². The molecule has 1 aliphatic heterocycles. The van der Waals surface area contributed by atoms with Crippen molar-refractivity contribution < 1.29 is 14.3 Å². The normalized spacial score (nSPS) is 18.9. The Balaban J connectivity index is 2.19. The van der Waals surface area contributed by atoms with Crippen molar-refractivity contribution in [2.24, 2.45) is 5.73 Å². The lowest BCUT2D eigenvalue weighted by Gasteiger charge is -2.15. The van der Waals surface area contributed by atoms with Crippen molar-refractivity contribution in [2.45, 2.75) is 20.0 Å². The molecule has 1 aromatic rings. The Hall–Kier alpha value is -1.75. The summed E-state index contributed by atoms with van der Waals surface area (Å²) < 4.78 is 10.6. The molecule has 0 spiro atoms. The van der Waals surface area contributed by atoms with Crippen LogP contribution >= 0.6 is 0 Å². The van der Waals surface area contributed by atoms with Gasteiger partial charge >= 0.3 is 6.09 Å². The van der Waals surface area contributed by atoms with E-state index in [1.165, 1.54) is 0 Å². The average Bonchev–Trinajstić information content (AvgIpc) is 2.73. The van der Waals surface area contributed by atoms with Gasteiger partial charge in [0.1, 0.15) is 11.9 Å². The van der Waals surface area contributed by atoms with Gasteiger partial charge in [-0.05, 0) is 37.6 Å². The number of hydrogen-bond donors (Lipinski definition) is 1. The van der Waals surface area contributed by atoms with Crippen LogP contribution in [0.3, 0.4) is 0 Å². The zero-order chi connectivity index (χ0) is 13.1. The summed E-state index contributed by atoms with van der Waals surface area (Å²) in [5.41, 5.74) is 7.32. The molecule has 0 radical (unpaired) electrons. The van der Waals surface area contributed by atoms with E-state index in [4.69, 9.17) is 15.2 Å². The van der Waals surface area contributed by atoms with Crippen molar-refractivity contribution in [3.63, 3.8) is 0 Å². The quantitative estimate of drug-likeness (QED) is 0.883. The summed E-state index contributed by atoms with van der Waals surface area (Å²) in [5.74, 6) is 0.837. The lowest BCUT2D eigenvalue weighted by molar-refractivity contribution is 0.145. The van der Waals surface area contributed by atoms with Crippen molar-refractivity contribution in [3.8, 4) is 5.75 Å². The van der Waals surface area contributed by atoms with Gasteiger partial charge in [-0.15, -0.1) is 0 Å². The Bertz CT molecular complexity index is 448. The summed E-state index contributed by atoms with van der Waals surface area (Å²) in [6.45, 7) is 5.37. The first-order chi connectivity index (χ1) is 8.65. The Morgan fingerprint density at radius 2 is 2.33 bits per heavy atom. The summed E-state index contributed by atoms with van der Waals surface area (Å²) in [6.07, 6.45) is -0.557. The molecule has 1 unspecified atom stereocenters. The predicted octanol–water partition coefficient (Wildman–Crippen LogP) is 1.68. The standard InChI is InChI=1S/C13H18N2O3/c1-3-17-12-5-4-10(6-9(12)2)15-8-11(7-14)18-13(15)16/h4-6,11H,3,7-8,14H2,1-2H3. The molecule has 0 aliphatic carbocycles. The van der Waals surface area contributed by atoms with Crippen molar-refractivity contribution in [1.82, 2.24) is 0 Å². The molecule has 1 atom stereocenters. The molecular formula is C13H18N2O3. The van der Waals surface area contributed by atoms with Gasteiger partial charge in [0.25, 0.3) is 0 Å². The Morgan fingerprint density at radius 1 is 1.56 bits per heavy atom. The van der Waals surface area contributed by atoms with Crippen LogP contribution in [0.1, 0.15) is 12.5 Å². The van der Waals surface area contributed by atoms with Crippen molar-refractivity contribution in [2.75, 3.05) is 24.6 Å². The van der Waals surface area contributed by atoms with Crippen molar-refractivity contribution >= 4 is 11.8 Å². The zero-order valence-electron chi connectivity index (χ0n) is 10.7. The number of hydrogen-bond acceptors (Lipinski definition) is 4. The smallest absolute Gasteiger partial charge is 0.414 e. The fourth-order valence-electron chi connectivity index (χ4n) is 1.97. The number of anilines is 1. The lowest BCUT2D eigenvalue weighted by Crippen LogP contribution is -2.27. The Morgan fingerprint density at radius 3 is 2.89 bits per heavy atom. The minimum Gasteiger partial charge on any atom is -0.494 e.